The Labute approximate surface area is 166 Å². The zero-order chi connectivity index (χ0) is 20.4. The number of nitro groups is 1. The number of sulfonamides is 1. The number of hydrogen-bond donors (Lipinski definition) is 2. The number of fused-ring (bicyclic) bond motifs is 1. The first-order chi connectivity index (χ1) is 13.9. The van der Waals surface area contributed by atoms with Crippen LogP contribution in [0.3, 0.4) is 0 Å². The average Bonchev–Trinajstić information content (AvgIpc) is 3.16. The van der Waals surface area contributed by atoms with Gasteiger partial charge in [0.25, 0.3) is 15.7 Å². The summed E-state index contributed by atoms with van der Waals surface area (Å²) in [4.78, 5) is 10.7. The number of rotatable bonds is 6. The van der Waals surface area contributed by atoms with Crippen LogP contribution >= 0.6 is 0 Å². The lowest BCUT2D eigenvalue weighted by Crippen LogP contribution is -2.13. The predicted molar refractivity (Wildman–Crippen MR) is 106 cm³/mol. The van der Waals surface area contributed by atoms with E-state index in [2.05, 4.69) is 10.0 Å². The third-order valence-corrected chi connectivity index (χ3v) is 5.53. The lowest BCUT2D eigenvalue weighted by atomic mass is 10.2. The normalized spacial score (nSPS) is 12.4. The smallest absolute Gasteiger partial charge is 0.294 e. The Bertz CT molecular complexity index is 1180. The summed E-state index contributed by atoms with van der Waals surface area (Å²) in [5, 5.41) is 14.5. The molecular formula is C19H15N3O6S. The highest BCUT2D eigenvalue weighted by atomic mass is 32.2. The molecule has 0 saturated carbocycles. The molecule has 0 saturated heterocycles. The second kappa shape index (κ2) is 7.32. The van der Waals surface area contributed by atoms with Crippen LogP contribution in [-0.4, -0.2) is 20.1 Å². The molecule has 0 amide bonds. The van der Waals surface area contributed by atoms with E-state index in [1.165, 1.54) is 12.1 Å². The summed E-state index contributed by atoms with van der Waals surface area (Å²) >= 11 is 0. The minimum atomic E-state index is -3.99. The average molecular weight is 413 g/mol. The molecule has 4 rings (SSSR count). The van der Waals surface area contributed by atoms with Crippen molar-refractivity contribution in [3.8, 4) is 11.5 Å². The Kier molecular flexibility index (Phi) is 4.69. The van der Waals surface area contributed by atoms with E-state index in [4.69, 9.17) is 9.47 Å². The van der Waals surface area contributed by atoms with Crippen LogP contribution in [0.5, 0.6) is 11.5 Å². The molecule has 1 aliphatic heterocycles. The van der Waals surface area contributed by atoms with Gasteiger partial charge >= 0.3 is 0 Å². The topological polar surface area (TPSA) is 120 Å². The van der Waals surface area contributed by atoms with Gasteiger partial charge in [-0.3, -0.25) is 14.8 Å². The SMILES string of the molecule is O=[N+]([O-])c1cc(S(=O)(=O)Nc2ccccc2)ccc1Nc1ccc2c(c1)OCO2. The van der Waals surface area contributed by atoms with Gasteiger partial charge in [0, 0.05) is 23.5 Å². The molecule has 29 heavy (non-hydrogen) atoms. The molecule has 0 bridgehead atoms. The molecule has 148 valence electrons. The third-order valence-electron chi connectivity index (χ3n) is 4.15. The van der Waals surface area contributed by atoms with Crippen molar-refractivity contribution in [2.24, 2.45) is 0 Å². The Morgan fingerprint density at radius 1 is 0.897 bits per heavy atom. The van der Waals surface area contributed by atoms with Crippen LogP contribution in [0, 0.1) is 10.1 Å². The second-order valence-corrected chi connectivity index (χ2v) is 7.78. The lowest BCUT2D eigenvalue weighted by Gasteiger charge is -2.11. The molecule has 0 radical (unpaired) electrons. The molecule has 1 aliphatic rings. The largest absolute Gasteiger partial charge is 0.454 e. The maximum Gasteiger partial charge on any atom is 0.294 e. The van der Waals surface area contributed by atoms with E-state index in [0.717, 1.165) is 6.07 Å². The van der Waals surface area contributed by atoms with E-state index < -0.39 is 14.9 Å². The molecule has 1 heterocycles. The number of anilines is 3. The minimum Gasteiger partial charge on any atom is -0.454 e. The van der Waals surface area contributed by atoms with E-state index in [-0.39, 0.29) is 23.1 Å². The van der Waals surface area contributed by atoms with Crippen molar-refractivity contribution in [1.82, 2.24) is 0 Å². The summed E-state index contributed by atoms with van der Waals surface area (Å²) in [6.07, 6.45) is 0. The molecule has 0 aliphatic carbocycles. The van der Waals surface area contributed by atoms with Gasteiger partial charge in [-0.05, 0) is 36.4 Å². The Morgan fingerprint density at radius 2 is 1.66 bits per heavy atom. The van der Waals surface area contributed by atoms with Gasteiger partial charge in [-0.25, -0.2) is 8.42 Å². The first-order valence-corrected chi connectivity index (χ1v) is 9.94. The fourth-order valence-corrected chi connectivity index (χ4v) is 3.86. The fraction of sp³-hybridized carbons (Fsp3) is 0.0526. The zero-order valence-electron chi connectivity index (χ0n) is 14.9. The van der Waals surface area contributed by atoms with E-state index in [0.29, 0.717) is 22.9 Å². The Morgan fingerprint density at radius 3 is 2.41 bits per heavy atom. The molecule has 3 aromatic rings. The molecule has 0 fully saturated rings. The van der Waals surface area contributed by atoms with Gasteiger partial charge in [0.2, 0.25) is 6.79 Å². The number of nitrogens with zero attached hydrogens (tertiary/aromatic N) is 1. The van der Waals surface area contributed by atoms with E-state index in [1.54, 1.807) is 48.5 Å². The number of nitrogens with one attached hydrogen (secondary N) is 2. The van der Waals surface area contributed by atoms with Crippen LogP contribution in [0.4, 0.5) is 22.7 Å². The summed E-state index contributed by atoms with van der Waals surface area (Å²) < 4.78 is 38.1. The van der Waals surface area contributed by atoms with Crippen LogP contribution in [-0.2, 0) is 10.0 Å². The molecule has 0 aromatic heterocycles. The molecule has 0 atom stereocenters. The van der Waals surface area contributed by atoms with Crippen molar-refractivity contribution in [2.45, 2.75) is 4.90 Å². The summed E-state index contributed by atoms with van der Waals surface area (Å²) in [7, 11) is -3.99. The van der Waals surface area contributed by atoms with Gasteiger partial charge in [0.05, 0.1) is 9.82 Å². The summed E-state index contributed by atoms with van der Waals surface area (Å²) in [6, 6.07) is 16.9. The Balaban J connectivity index is 1.64. The molecular weight excluding hydrogens is 398 g/mol. The summed E-state index contributed by atoms with van der Waals surface area (Å²) in [5.41, 5.74) is 0.666. The minimum absolute atomic E-state index is 0.111. The Hall–Kier alpha value is -3.79. The molecule has 0 unspecified atom stereocenters. The zero-order valence-corrected chi connectivity index (χ0v) is 15.7. The maximum absolute atomic E-state index is 12.6. The number of benzene rings is 3. The van der Waals surface area contributed by atoms with E-state index in [9.17, 15) is 18.5 Å². The number of hydrogen-bond acceptors (Lipinski definition) is 7. The second-order valence-electron chi connectivity index (χ2n) is 6.10. The first kappa shape index (κ1) is 18.6. The van der Waals surface area contributed by atoms with Crippen molar-refractivity contribution < 1.29 is 22.8 Å². The van der Waals surface area contributed by atoms with E-state index >= 15 is 0 Å². The van der Waals surface area contributed by atoms with Crippen molar-refractivity contribution >= 4 is 32.8 Å². The van der Waals surface area contributed by atoms with Crippen molar-refractivity contribution in [2.75, 3.05) is 16.8 Å². The van der Waals surface area contributed by atoms with Crippen molar-refractivity contribution in [3.63, 3.8) is 0 Å². The highest BCUT2D eigenvalue weighted by Crippen LogP contribution is 2.37. The van der Waals surface area contributed by atoms with Crippen molar-refractivity contribution in [1.29, 1.82) is 0 Å². The molecule has 0 spiro atoms. The van der Waals surface area contributed by atoms with Crippen LogP contribution in [0.1, 0.15) is 0 Å². The van der Waals surface area contributed by atoms with Crippen LogP contribution in [0.15, 0.2) is 71.6 Å². The highest BCUT2D eigenvalue weighted by Gasteiger charge is 2.22. The van der Waals surface area contributed by atoms with Crippen LogP contribution in [0.2, 0.25) is 0 Å². The third kappa shape index (κ3) is 3.92. The van der Waals surface area contributed by atoms with Gasteiger partial charge in [-0.2, -0.15) is 0 Å². The molecule has 3 aromatic carbocycles. The van der Waals surface area contributed by atoms with Gasteiger partial charge in [0.1, 0.15) is 5.69 Å². The fourth-order valence-electron chi connectivity index (χ4n) is 2.79. The van der Waals surface area contributed by atoms with Gasteiger partial charge in [0.15, 0.2) is 11.5 Å². The monoisotopic (exact) mass is 413 g/mol. The summed E-state index contributed by atoms with van der Waals surface area (Å²) in [5.74, 6) is 1.10. The van der Waals surface area contributed by atoms with Gasteiger partial charge in [-0.1, -0.05) is 18.2 Å². The molecule has 9 nitrogen and oxygen atoms in total. The highest BCUT2D eigenvalue weighted by molar-refractivity contribution is 7.92. The van der Waals surface area contributed by atoms with Gasteiger partial charge in [-0.15, -0.1) is 0 Å². The maximum atomic E-state index is 12.6. The van der Waals surface area contributed by atoms with Crippen LogP contribution in [0.25, 0.3) is 0 Å². The molecule has 2 N–H and O–H groups in total. The lowest BCUT2D eigenvalue weighted by molar-refractivity contribution is -0.384. The van der Waals surface area contributed by atoms with Crippen molar-refractivity contribution in [3.05, 3.63) is 76.8 Å². The standard InChI is InChI=1S/C19H15N3O6S/c23-22(24)17-11-15(29(25,26)21-13-4-2-1-3-5-13)7-8-16(17)20-14-6-9-18-19(10-14)28-12-27-18/h1-11,20-21H,12H2. The number of nitro benzene ring substituents is 1. The number of para-hydroxylation sites is 1. The van der Waals surface area contributed by atoms with Crippen LogP contribution < -0.4 is 19.5 Å². The predicted octanol–water partition coefficient (Wildman–Crippen LogP) is 3.87. The van der Waals surface area contributed by atoms with Gasteiger partial charge < -0.3 is 14.8 Å². The van der Waals surface area contributed by atoms with E-state index in [1.807, 2.05) is 0 Å². The summed E-state index contributed by atoms with van der Waals surface area (Å²) in [6.45, 7) is 0.111. The first-order valence-electron chi connectivity index (χ1n) is 8.45. The quantitative estimate of drug-likeness (QED) is 0.465. The number of ether oxygens (including phenoxy) is 2. The molecule has 10 heteroatoms.